The number of piperazine rings is 1. The maximum absolute atomic E-state index is 12.0. The molecular weight excluding hydrogens is 329 g/mol. The van der Waals surface area contributed by atoms with Gasteiger partial charge in [0.25, 0.3) is 0 Å². The van der Waals surface area contributed by atoms with Crippen molar-refractivity contribution in [1.29, 1.82) is 0 Å². The molecule has 1 aromatic rings. The van der Waals surface area contributed by atoms with Crippen molar-refractivity contribution in [1.82, 2.24) is 15.1 Å². The molecule has 0 saturated carbocycles. The third-order valence-electron chi connectivity index (χ3n) is 4.11. The number of rotatable bonds is 3. The molecule has 21 heavy (non-hydrogen) atoms. The van der Waals surface area contributed by atoms with E-state index in [1.807, 2.05) is 11.4 Å². The largest absolute Gasteiger partial charge is 0.336 e. The summed E-state index contributed by atoms with van der Waals surface area (Å²) in [7, 11) is 0. The fourth-order valence-corrected chi connectivity index (χ4v) is 4.21. The summed E-state index contributed by atoms with van der Waals surface area (Å²) in [4.78, 5) is 17.7. The lowest BCUT2D eigenvalue weighted by atomic mass is 10.0. The van der Waals surface area contributed by atoms with Crippen molar-refractivity contribution in [2.75, 3.05) is 32.7 Å². The third kappa shape index (κ3) is 4.11. The first-order valence-corrected chi connectivity index (χ1v) is 8.44. The summed E-state index contributed by atoms with van der Waals surface area (Å²) in [6.45, 7) is 5.24. The smallest absolute Gasteiger partial charge is 0.236 e. The summed E-state index contributed by atoms with van der Waals surface area (Å²) in [6.07, 6.45) is 2.28. The van der Waals surface area contributed by atoms with E-state index in [4.69, 9.17) is 11.6 Å². The van der Waals surface area contributed by atoms with E-state index in [2.05, 4.69) is 15.1 Å². The first kappa shape index (κ1) is 17.0. The molecule has 0 spiro atoms. The highest BCUT2D eigenvalue weighted by Crippen LogP contribution is 2.26. The highest BCUT2D eigenvalue weighted by Gasteiger charge is 2.30. The molecule has 1 atom stereocenters. The van der Waals surface area contributed by atoms with E-state index in [0.717, 1.165) is 50.6 Å². The van der Waals surface area contributed by atoms with E-state index in [9.17, 15) is 4.79 Å². The average molecular weight is 350 g/mol. The van der Waals surface area contributed by atoms with Gasteiger partial charge in [-0.3, -0.25) is 9.69 Å². The summed E-state index contributed by atoms with van der Waals surface area (Å²) >= 11 is 7.89. The highest BCUT2D eigenvalue weighted by molar-refractivity contribution is 7.10. The number of carbonyl (C=O) groups is 1. The van der Waals surface area contributed by atoms with Crippen molar-refractivity contribution in [2.24, 2.45) is 0 Å². The zero-order valence-electron chi connectivity index (χ0n) is 11.9. The fraction of sp³-hybridized carbons (Fsp3) is 0.643. The summed E-state index contributed by atoms with van der Waals surface area (Å²) in [6, 6.07) is 2.33. The third-order valence-corrected chi connectivity index (χ3v) is 5.48. The standard InChI is InChI=1S/C14H20ClN3OS.ClH/c15-12-3-7-20-13(12)10-17-5-1-2-11(9-17)18-6-4-16-8-14(18)19;/h3,7,11,16H,1-2,4-6,8-10H2;1H. The maximum Gasteiger partial charge on any atom is 0.236 e. The second-order valence-electron chi connectivity index (χ2n) is 5.49. The van der Waals surface area contributed by atoms with E-state index >= 15 is 0 Å². The lowest BCUT2D eigenvalue weighted by molar-refractivity contribution is -0.135. The second kappa shape index (κ2) is 7.79. The van der Waals surface area contributed by atoms with Crippen LogP contribution >= 0.6 is 35.3 Å². The van der Waals surface area contributed by atoms with Crippen LogP contribution in [-0.4, -0.2) is 54.5 Å². The van der Waals surface area contributed by atoms with Crippen LogP contribution in [0.2, 0.25) is 5.02 Å². The molecule has 0 aliphatic carbocycles. The van der Waals surface area contributed by atoms with Crippen molar-refractivity contribution >= 4 is 41.3 Å². The van der Waals surface area contributed by atoms with Crippen LogP contribution in [0.25, 0.3) is 0 Å². The number of nitrogens with one attached hydrogen (secondary N) is 1. The van der Waals surface area contributed by atoms with E-state index in [1.54, 1.807) is 11.3 Å². The number of halogens is 2. The Bertz CT molecular complexity index is 483. The van der Waals surface area contributed by atoms with Crippen LogP contribution in [0, 0.1) is 0 Å². The van der Waals surface area contributed by atoms with Gasteiger partial charge in [0.05, 0.1) is 11.6 Å². The molecule has 3 heterocycles. The Morgan fingerprint density at radius 1 is 1.43 bits per heavy atom. The number of piperidine rings is 1. The Labute approximate surface area is 140 Å². The molecule has 2 aliphatic rings. The molecular formula is C14H21Cl2N3OS. The molecule has 2 fully saturated rings. The number of likely N-dealkylation sites (tertiary alicyclic amines) is 1. The second-order valence-corrected chi connectivity index (χ2v) is 6.89. The van der Waals surface area contributed by atoms with Gasteiger partial charge in [-0.05, 0) is 30.8 Å². The highest BCUT2D eigenvalue weighted by atomic mass is 35.5. The van der Waals surface area contributed by atoms with Crippen LogP contribution in [0.3, 0.4) is 0 Å². The fourth-order valence-electron chi connectivity index (χ4n) is 3.08. The SMILES string of the molecule is Cl.O=C1CNCCN1C1CCCN(Cc2sccc2Cl)C1. The van der Waals surface area contributed by atoms with Crippen molar-refractivity contribution in [3.8, 4) is 0 Å². The molecule has 3 rings (SSSR count). The monoisotopic (exact) mass is 349 g/mol. The van der Waals surface area contributed by atoms with Gasteiger partial charge >= 0.3 is 0 Å². The number of carbonyl (C=O) groups excluding carboxylic acids is 1. The van der Waals surface area contributed by atoms with Gasteiger partial charge in [0, 0.05) is 37.1 Å². The van der Waals surface area contributed by atoms with E-state index in [1.165, 1.54) is 4.88 Å². The van der Waals surface area contributed by atoms with Gasteiger partial charge in [0.1, 0.15) is 0 Å². The Morgan fingerprint density at radius 2 is 2.29 bits per heavy atom. The van der Waals surface area contributed by atoms with E-state index in [0.29, 0.717) is 12.6 Å². The summed E-state index contributed by atoms with van der Waals surface area (Å²) in [5.74, 6) is 0.247. The van der Waals surface area contributed by atoms with E-state index < -0.39 is 0 Å². The van der Waals surface area contributed by atoms with Gasteiger partial charge < -0.3 is 10.2 Å². The number of hydrogen-bond acceptors (Lipinski definition) is 4. The number of thiophene rings is 1. The molecule has 0 radical (unpaired) electrons. The van der Waals surface area contributed by atoms with Crippen LogP contribution in [0.1, 0.15) is 17.7 Å². The van der Waals surface area contributed by atoms with Gasteiger partial charge in [0.2, 0.25) is 5.91 Å². The topological polar surface area (TPSA) is 35.6 Å². The zero-order valence-corrected chi connectivity index (χ0v) is 14.3. The molecule has 1 amide bonds. The lowest BCUT2D eigenvalue weighted by Crippen LogP contribution is -2.56. The summed E-state index contributed by atoms with van der Waals surface area (Å²) in [5, 5.41) is 6.05. The number of nitrogens with zero attached hydrogens (tertiary/aromatic N) is 2. The molecule has 1 unspecified atom stereocenters. The quantitative estimate of drug-likeness (QED) is 0.908. The molecule has 0 bridgehead atoms. The summed E-state index contributed by atoms with van der Waals surface area (Å²) in [5.41, 5.74) is 0. The van der Waals surface area contributed by atoms with E-state index in [-0.39, 0.29) is 18.3 Å². The van der Waals surface area contributed by atoms with Crippen LogP contribution < -0.4 is 5.32 Å². The molecule has 118 valence electrons. The number of hydrogen-bond donors (Lipinski definition) is 1. The predicted octanol–water partition coefficient (Wildman–Crippen LogP) is 2.22. The van der Waals surface area contributed by atoms with Crippen LogP contribution in [0.4, 0.5) is 0 Å². The van der Waals surface area contributed by atoms with Gasteiger partial charge in [-0.25, -0.2) is 0 Å². The van der Waals surface area contributed by atoms with Crippen LogP contribution in [-0.2, 0) is 11.3 Å². The van der Waals surface area contributed by atoms with Gasteiger partial charge in [-0.15, -0.1) is 23.7 Å². The van der Waals surface area contributed by atoms with Gasteiger partial charge in [0.15, 0.2) is 0 Å². The Balaban J connectivity index is 0.00000161. The number of amides is 1. The Morgan fingerprint density at radius 3 is 3.00 bits per heavy atom. The molecule has 2 aliphatic heterocycles. The lowest BCUT2D eigenvalue weighted by Gasteiger charge is -2.41. The summed E-state index contributed by atoms with van der Waals surface area (Å²) < 4.78 is 0. The van der Waals surface area contributed by atoms with Crippen molar-refractivity contribution in [3.63, 3.8) is 0 Å². The molecule has 1 aromatic heterocycles. The van der Waals surface area contributed by atoms with Crippen molar-refractivity contribution in [3.05, 3.63) is 21.3 Å². The minimum absolute atomic E-state index is 0. The Kier molecular flexibility index (Phi) is 6.32. The zero-order chi connectivity index (χ0) is 13.9. The first-order valence-electron chi connectivity index (χ1n) is 7.18. The first-order chi connectivity index (χ1) is 9.74. The maximum atomic E-state index is 12.0. The molecule has 2 saturated heterocycles. The molecule has 4 nitrogen and oxygen atoms in total. The Hall–Kier alpha value is -0.330. The van der Waals surface area contributed by atoms with Crippen LogP contribution in [0.5, 0.6) is 0 Å². The molecule has 1 N–H and O–H groups in total. The molecule has 0 aromatic carbocycles. The average Bonchev–Trinajstić information content (AvgIpc) is 2.85. The minimum Gasteiger partial charge on any atom is -0.336 e. The van der Waals surface area contributed by atoms with Gasteiger partial charge in [-0.2, -0.15) is 0 Å². The minimum atomic E-state index is 0. The van der Waals surface area contributed by atoms with Crippen molar-refractivity contribution < 1.29 is 4.79 Å². The molecule has 7 heteroatoms. The normalized spacial score (nSPS) is 24.0. The van der Waals surface area contributed by atoms with Gasteiger partial charge in [-0.1, -0.05) is 11.6 Å². The van der Waals surface area contributed by atoms with Crippen LogP contribution in [0.15, 0.2) is 11.4 Å². The predicted molar refractivity (Wildman–Crippen MR) is 89.5 cm³/mol. The van der Waals surface area contributed by atoms with Crippen molar-refractivity contribution in [2.45, 2.75) is 25.4 Å².